The van der Waals surface area contributed by atoms with E-state index in [9.17, 15) is 0 Å². The van der Waals surface area contributed by atoms with Crippen molar-refractivity contribution in [3.63, 3.8) is 0 Å². The van der Waals surface area contributed by atoms with Gasteiger partial charge in [0.1, 0.15) is 0 Å². The molecule has 3 heterocycles. The molecule has 1 saturated heterocycles. The van der Waals surface area contributed by atoms with Crippen LogP contribution < -0.4 is 0 Å². The van der Waals surface area contributed by atoms with Gasteiger partial charge in [-0.1, -0.05) is 5.16 Å². The molecule has 1 aliphatic rings. The largest absolute Gasteiger partial charge is 0.436 e. The van der Waals surface area contributed by atoms with Gasteiger partial charge in [0.25, 0.3) is 5.89 Å². The fraction of sp³-hybridized carbons (Fsp3) is 0.545. The molecular formula is C11H13N3O3. The summed E-state index contributed by atoms with van der Waals surface area (Å²) in [6, 6.07) is 0. The van der Waals surface area contributed by atoms with Gasteiger partial charge in [0.15, 0.2) is 11.7 Å². The van der Waals surface area contributed by atoms with Gasteiger partial charge >= 0.3 is 0 Å². The molecule has 0 amide bonds. The lowest BCUT2D eigenvalue weighted by molar-refractivity contribution is 0.192. The Labute approximate surface area is 98.0 Å². The molecule has 0 saturated carbocycles. The average molecular weight is 235 g/mol. The second-order valence-corrected chi connectivity index (χ2v) is 4.17. The van der Waals surface area contributed by atoms with E-state index in [0.717, 1.165) is 18.7 Å². The Hall–Kier alpha value is -1.69. The van der Waals surface area contributed by atoms with Crippen LogP contribution in [0, 0.1) is 13.8 Å². The van der Waals surface area contributed by atoms with Gasteiger partial charge in [-0.3, -0.25) is 0 Å². The summed E-state index contributed by atoms with van der Waals surface area (Å²) in [5.41, 5.74) is 0.764. The van der Waals surface area contributed by atoms with Crippen LogP contribution in [0.2, 0.25) is 0 Å². The second kappa shape index (κ2) is 3.96. The lowest BCUT2D eigenvalue weighted by Crippen LogP contribution is -1.99. The Balaban J connectivity index is 1.91. The molecule has 0 aromatic carbocycles. The number of nitrogens with zero attached hydrogens (tertiary/aromatic N) is 3. The van der Waals surface area contributed by atoms with E-state index in [1.165, 1.54) is 0 Å². The summed E-state index contributed by atoms with van der Waals surface area (Å²) in [5.74, 6) is 2.47. The van der Waals surface area contributed by atoms with Gasteiger partial charge in [0.2, 0.25) is 5.76 Å². The summed E-state index contributed by atoms with van der Waals surface area (Å²) in [6.07, 6.45) is 0.938. The predicted molar refractivity (Wildman–Crippen MR) is 57.4 cm³/mol. The molecule has 0 aliphatic carbocycles. The molecule has 0 spiro atoms. The first-order valence-electron chi connectivity index (χ1n) is 5.60. The first-order chi connectivity index (χ1) is 8.24. The third-order valence-electron chi connectivity index (χ3n) is 2.83. The molecule has 1 atom stereocenters. The zero-order valence-corrected chi connectivity index (χ0v) is 9.77. The van der Waals surface area contributed by atoms with Crippen molar-refractivity contribution < 1.29 is 13.7 Å². The highest BCUT2D eigenvalue weighted by Crippen LogP contribution is 2.27. The highest BCUT2D eigenvalue weighted by molar-refractivity contribution is 5.47. The molecule has 2 aromatic rings. The highest BCUT2D eigenvalue weighted by atomic mass is 16.5. The molecule has 6 heteroatoms. The normalized spacial score (nSPS) is 20.0. The lowest BCUT2D eigenvalue weighted by atomic mass is 10.1. The summed E-state index contributed by atoms with van der Waals surface area (Å²) in [7, 11) is 0. The fourth-order valence-electron chi connectivity index (χ4n) is 1.96. The third-order valence-corrected chi connectivity index (χ3v) is 2.83. The van der Waals surface area contributed by atoms with Crippen LogP contribution in [0.5, 0.6) is 0 Å². The summed E-state index contributed by atoms with van der Waals surface area (Å²) in [4.78, 5) is 8.52. The van der Waals surface area contributed by atoms with Crippen LogP contribution in [-0.2, 0) is 4.74 Å². The van der Waals surface area contributed by atoms with Crippen LogP contribution in [0.3, 0.4) is 0 Å². The van der Waals surface area contributed by atoms with E-state index in [2.05, 4.69) is 15.1 Å². The smallest absolute Gasteiger partial charge is 0.295 e. The van der Waals surface area contributed by atoms with Crippen molar-refractivity contribution in [3.05, 3.63) is 17.4 Å². The zero-order valence-electron chi connectivity index (χ0n) is 9.77. The molecule has 0 unspecified atom stereocenters. The van der Waals surface area contributed by atoms with Crippen LogP contribution in [0.4, 0.5) is 0 Å². The quantitative estimate of drug-likeness (QED) is 0.790. The van der Waals surface area contributed by atoms with E-state index < -0.39 is 0 Å². The molecule has 1 aliphatic heterocycles. The van der Waals surface area contributed by atoms with Crippen LogP contribution in [0.25, 0.3) is 11.7 Å². The summed E-state index contributed by atoms with van der Waals surface area (Å²) >= 11 is 0. The maximum Gasteiger partial charge on any atom is 0.295 e. The number of ether oxygens (including phenoxy) is 1. The fourth-order valence-corrected chi connectivity index (χ4v) is 1.96. The number of rotatable bonds is 2. The Bertz CT molecular complexity index is 526. The molecule has 2 aromatic heterocycles. The minimum absolute atomic E-state index is 0.233. The van der Waals surface area contributed by atoms with Crippen molar-refractivity contribution in [3.8, 4) is 11.7 Å². The van der Waals surface area contributed by atoms with Crippen LogP contribution in [0.15, 0.2) is 8.94 Å². The Morgan fingerprint density at radius 3 is 2.76 bits per heavy atom. The van der Waals surface area contributed by atoms with Gasteiger partial charge in [-0.25, -0.2) is 4.98 Å². The minimum Gasteiger partial charge on any atom is -0.436 e. The average Bonchev–Trinajstić information content (AvgIpc) is 2.97. The number of aromatic nitrogens is 3. The molecule has 6 nitrogen and oxygen atoms in total. The van der Waals surface area contributed by atoms with Crippen molar-refractivity contribution in [2.24, 2.45) is 0 Å². The van der Waals surface area contributed by atoms with E-state index in [4.69, 9.17) is 13.7 Å². The molecule has 90 valence electrons. The van der Waals surface area contributed by atoms with E-state index in [-0.39, 0.29) is 5.92 Å². The molecule has 0 radical (unpaired) electrons. The first kappa shape index (κ1) is 10.5. The third kappa shape index (κ3) is 1.84. The van der Waals surface area contributed by atoms with E-state index in [1.54, 1.807) is 6.92 Å². The summed E-state index contributed by atoms with van der Waals surface area (Å²) < 4.78 is 15.9. The second-order valence-electron chi connectivity index (χ2n) is 4.17. The monoisotopic (exact) mass is 235 g/mol. The molecule has 17 heavy (non-hydrogen) atoms. The SMILES string of the molecule is Cc1nc(C)c(-c2nc([C@@H]3CCOC3)no2)o1. The van der Waals surface area contributed by atoms with Gasteiger partial charge < -0.3 is 13.7 Å². The highest BCUT2D eigenvalue weighted by Gasteiger charge is 2.25. The van der Waals surface area contributed by atoms with Gasteiger partial charge in [-0.05, 0) is 13.3 Å². The van der Waals surface area contributed by atoms with E-state index in [1.807, 2.05) is 6.92 Å². The van der Waals surface area contributed by atoms with Crippen LogP contribution >= 0.6 is 0 Å². The van der Waals surface area contributed by atoms with Crippen LogP contribution in [0.1, 0.15) is 29.7 Å². The van der Waals surface area contributed by atoms with Crippen molar-refractivity contribution in [2.75, 3.05) is 13.2 Å². The molecule has 0 N–H and O–H groups in total. The van der Waals surface area contributed by atoms with Crippen molar-refractivity contribution in [1.29, 1.82) is 0 Å². The summed E-state index contributed by atoms with van der Waals surface area (Å²) in [6.45, 7) is 5.06. The molecule has 3 rings (SSSR count). The van der Waals surface area contributed by atoms with Crippen molar-refractivity contribution in [2.45, 2.75) is 26.2 Å². The summed E-state index contributed by atoms with van der Waals surface area (Å²) in [5, 5.41) is 3.97. The first-order valence-corrected chi connectivity index (χ1v) is 5.60. The molecule has 0 bridgehead atoms. The Morgan fingerprint density at radius 1 is 1.24 bits per heavy atom. The maximum atomic E-state index is 5.44. The van der Waals surface area contributed by atoms with E-state index >= 15 is 0 Å². The van der Waals surface area contributed by atoms with Crippen LogP contribution in [-0.4, -0.2) is 28.3 Å². The van der Waals surface area contributed by atoms with Gasteiger partial charge in [-0.2, -0.15) is 4.98 Å². The number of hydrogen-bond donors (Lipinski definition) is 0. The van der Waals surface area contributed by atoms with E-state index in [0.29, 0.717) is 30.0 Å². The number of oxazole rings is 1. The number of aryl methyl sites for hydroxylation is 2. The minimum atomic E-state index is 0.233. The van der Waals surface area contributed by atoms with Crippen molar-refractivity contribution in [1.82, 2.24) is 15.1 Å². The maximum absolute atomic E-state index is 5.44. The van der Waals surface area contributed by atoms with Gasteiger partial charge in [0.05, 0.1) is 12.3 Å². The molecule has 1 fully saturated rings. The van der Waals surface area contributed by atoms with Gasteiger partial charge in [0, 0.05) is 19.4 Å². The van der Waals surface area contributed by atoms with Gasteiger partial charge in [-0.15, -0.1) is 0 Å². The zero-order chi connectivity index (χ0) is 11.8. The van der Waals surface area contributed by atoms with Crippen molar-refractivity contribution >= 4 is 0 Å². The Morgan fingerprint density at radius 2 is 2.12 bits per heavy atom. The predicted octanol–water partition coefficient (Wildman–Crippen LogP) is 1.85. The number of hydrogen-bond acceptors (Lipinski definition) is 6. The topological polar surface area (TPSA) is 74.2 Å². The standard InChI is InChI=1S/C11H13N3O3/c1-6-9(16-7(2)12-6)11-13-10(14-17-11)8-3-4-15-5-8/h8H,3-5H2,1-2H3/t8-/m1/s1. The lowest BCUT2D eigenvalue weighted by Gasteiger charge is -1.97. The molecular weight excluding hydrogens is 222 g/mol. The Kier molecular flexibility index (Phi) is 2.44.